The van der Waals surface area contributed by atoms with Gasteiger partial charge in [-0.2, -0.15) is 0 Å². The zero-order valence-electron chi connectivity index (χ0n) is 14.9. The highest BCUT2D eigenvalue weighted by Crippen LogP contribution is 2.31. The lowest BCUT2D eigenvalue weighted by molar-refractivity contribution is -0.134. The Kier molecular flexibility index (Phi) is 5.55. The van der Waals surface area contributed by atoms with Crippen molar-refractivity contribution in [1.29, 1.82) is 0 Å². The molecule has 1 unspecified atom stereocenters. The van der Waals surface area contributed by atoms with E-state index < -0.39 is 35.6 Å². The molecular formula is C20H21FN2O3. The fraction of sp³-hybridized carbons (Fsp3) is 0.250. The molecule has 0 N–H and O–H groups in total. The van der Waals surface area contributed by atoms with E-state index in [0.717, 1.165) is 4.90 Å². The Morgan fingerprint density at radius 3 is 2.50 bits per heavy atom. The van der Waals surface area contributed by atoms with Gasteiger partial charge in [-0.3, -0.25) is 14.5 Å². The second-order valence-corrected chi connectivity index (χ2v) is 6.26. The molecule has 6 heteroatoms. The molecule has 0 aromatic heterocycles. The van der Waals surface area contributed by atoms with Crippen LogP contribution in [0.25, 0.3) is 0 Å². The molecule has 0 aliphatic carbocycles. The van der Waals surface area contributed by atoms with Gasteiger partial charge in [0.2, 0.25) is 0 Å². The Morgan fingerprint density at radius 2 is 1.92 bits per heavy atom. The third-order valence-electron chi connectivity index (χ3n) is 4.60. The zero-order valence-corrected chi connectivity index (χ0v) is 14.9. The number of likely N-dealkylation sites (N-methyl/N-ethyl adjacent to an activating group) is 1. The summed E-state index contributed by atoms with van der Waals surface area (Å²) in [4.78, 5) is 39.9. The number of hydrogen-bond donors (Lipinski definition) is 0. The van der Waals surface area contributed by atoms with E-state index in [1.165, 1.54) is 36.2 Å². The predicted molar refractivity (Wildman–Crippen MR) is 96.9 cm³/mol. The maximum absolute atomic E-state index is 14.0. The van der Waals surface area contributed by atoms with Gasteiger partial charge in [-0.15, -0.1) is 0 Å². The molecule has 1 atom stereocenters. The van der Waals surface area contributed by atoms with Crippen LogP contribution in [0.5, 0.6) is 0 Å². The summed E-state index contributed by atoms with van der Waals surface area (Å²) in [6.07, 6.45) is 4.25. The molecule has 5 nitrogen and oxygen atoms in total. The van der Waals surface area contributed by atoms with E-state index >= 15 is 0 Å². The van der Waals surface area contributed by atoms with Crippen molar-refractivity contribution in [2.75, 3.05) is 13.6 Å². The van der Waals surface area contributed by atoms with Crippen molar-refractivity contribution in [3.05, 3.63) is 72.6 Å². The summed E-state index contributed by atoms with van der Waals surface area (Å²) in [7, 11) is 1.47. The number of carbonyl (C=O) groups excluding carboxylic acids is 3. The molecule has 2 rings (SSSR count). The minimum absolute atomic E-state index is 0.0161. The molecule has 0 bridgehead atoms. The van der Waals surface area contributed by atoms with E-state index in [-0.39, 0.29) is 12.0 Å². The second-order valence-electron chi connectivity index (χ2n) is 6.26. The molecule has 1 heterocycles. The number of rotatable bonds is 7. The topological polar surface area (TPSA) is 57.7 Å². The number of urea groups is 1. The smallest absolute Gasteiger partial charge is 0.313 e. The third-order valence-corrected chi connectivity index (χ3v) is 4.60. The van der Waals surface area contributed by atoms with Crippen LogP contribution in [-0.4, -0.2) is 46.7 Å². The highest BCUT2D eigenvalue weighted by molar-refractivity contribution is 6.11. The van der Waals surface area contributed by atoms with Crippen LogP contribution in [0.2, 0.25) is 0 Å². The van der Waals surface area contributed by atoms with Gasteiger partial charge in [0.05, 0.1) is 6.54 Å². The number of ketones is 1. The first kappa shape index (κ1) is 19.3. The first-order chi connectivity index (χ1) is 12.3. The second kappa shape index (κ2) is 7.47. The Balaban J connectivity index is 2.29. The number of allylic oxidation sites excluding steroid dienone is 3. The van der Waals surface area contributed by atoms with Crippen LogP contribution in [0.4, 0.5) is 9.18 Å². The number of imide groups is 1. The Bertz CT molecular complexity index is 815. The van der Waals surface area contributed by atoms with Crippen molar-refractivity contribution in [3.63, 3.8) is 0 Å². The number of Topliss-reactive ketones (excluding diaryl/α,β-unsaturated/α-hetero) is 1. The van der Waals surface area contributed by atoms with Gasteiger partial charge < -0.3 is 4.90 Å². The van der Waals surface area contributed by atoms with Crippen LogP contribution in [-0.2, 0) is 16.0 Å². The standard InChI is InChI=1S/C20H21FN2O3/c1-5-9-14(6-2)17(24)13-23-18(25)20(3,22(4)19(23)26)12-15-10-7-8-11-16(15)21/h5-11H,1-2,12-13H2,3-4H3/b14-9+. The van der Waals surface area contributed by atoms with E-state index in [4.69, 9.17) is 0 Å². The van der Waals surface area contributed by atoms with E-state index in [2.05, 4.69) is 13.2 Å². The highest BCUT2D eigenvalue weighted by Gasteiger charge is 2.53. The molecule has 0 spiro atoms. The van der Waals surface area contributed by atoms with Gasteiger partial charge in [0.25, 0.3) is 5.91 Å². The average molecular weight is 356 g/mol. The van der Waals surface area contributed by atoms with Crippen molar-refractivity contribution in [2.45, 2.75) is 18.9 Å². The lowest BCUT2D eigenvalue weighted by Crippen LogP contribution is -2.47. The lowest BCUT2D eigenvalue weighted by Gasteiger charge is -2.28. The average Bonchev–Trinajstić information content (AvgIpc) is 2.77. The summed E-state index contributed by atoms with van der Waals surface area (Å²) in [6, 6.07) is 5.51. The molecule has 1 fully saturated rings. The van der Waals surface area contributed by atoms with Crippen LogP contribution in [0.1, 0.15) is 12.5 Å². The van der Waals surface area contributed by atoms with Gasteiger partial charge in [-0.05, 0) is 18.6 Å². The molecule has 1 aliphatic rings. The van der Waals surface area contributed by atoms with E-state index in [1.54, 1.807) is 25.1 Å². The number of halogens is 1. The zero-order chi connectivity index (χ0) is 19.5. The molecule has 0 radical (unpaired) electrons. The maximum Gasteiger partial charge on any atom is 0.327 e. The van der Waals surface area contributed by atoms with Crippen molar-refractivity contribution in [3.8, 4) is 0 Å². The molecular weight excluding hydrogens is 335 g/mol. The summed E-state index contributed by atoms with van der Waals surface area (Å²) < 4.78 is 14.0. The van der Waals surface area contributed by atoms with E-state index in [9.17, 15) is 18.8 Å². The number of amides is 3. The van der Waals surface area contributed by atoms with Gasteiger partial charge in [-0.25, -0.2) is 9.18 Å². The van der Waals surface area contributed by atoms with Crippen LogP contribution >= 0.6 is 0 Å². The Hall–Kier alpha value is -3.02. The third kappa shape index (κ3) is 3.35. The van der Waals surface area contributed by atoms with Crippen LogP contribution in [0, 0.1) is 5.82 Å². The fourth-order valence-electron chi connectivity index (χ4n) is 2.90. The number of carbonyl (C=O) groups is 3. The van der Waals surface area contributed by atoms with Gasteiger partial charge in [0, 0.05) is 19.0 Å². The largest absolute Gasteiger partial charge is 0.327 e. The summed E-state index contributed by atoms with van der Waals surface area (Å²) in [5.74, 6) is -1.41. The maximum atomic E-state index is 14.0. The van der Waals surface area contributed by atoms with Gasteiger partial charge >= 0.3 is 6.03 Å². The molecule has 136 valence electrons. The molecule has 1 saturated heterocycles. The highest BCUT2D eigenvalue weighted by atomic mass is 19.1. The lowest BCUT2D eigenvalue weighted by atomic mass is 9.91. The van der Waals surface area contributed by atoms with Gasteiger partial charge in [0.1, 0.15) is 11.4 Å². The first-order valence-corrected chi connectivity index (χ1v) is 8.07. The summed E-state index contributed by atoms with van der Waals surface area (Å²) in [6.45, 7) is 8.23. The van der Waals surface area contributed by atoms with Crippen molar-refractivity contribution >= 4 is 17.7 Å². The van der Waals surface area contributed by atoms with E-state index in [1.807, 2.05) is 0 Å². The van der Waals surface area contributed by atoms with Gasteiger partial charge in [-0.1, -0.05) is 49.6 Å². The first-order valence-electron chi connectivity index (χ1n) is 8.07. The van der Waals surface area contributed by atoms with Crippen molar-refractivity contribution in [2.24, 2.45) is 0 Å². The predicted octanol–water partition coefficient (Wildman–Crippen LogP) is 2.89. The minimum atomic E-state index is -1.27. The number of benzene rings is 1. The summed E-state index contributed by atoms with van der Waals surface area (Å²) in [5, 5.41) is 0. The van der Waals surface area contributed by atoms with Crippen LogP contribution in [0.3, 0.4) is 0 Å². The van der Waals surface area contributed by atoms with Crippen LogP contribution < -0.4 is 0 Å². The molecule has 26 heavy (non-hydrogen) atoms. The Morgan fingerprint density at radius 1 is 1.27 bits per heavy atom. The summed E-state index contributed by atoms with van der Waals surface area (Å²) >= 11 is 0. The monoisotopic (exact) mass is 356 g/mol. The summed E-state index contributed by atoms with van der Waals surface area (Å²) in [5.41, 5.74) is -0.684. The molecule has 3 amide bonds. The number of nitrogens with zero attached hydrogens (tertiary/aromatic N) is 2. The molecule has 0 saturated carbocycles. The number of hydrogen-bond acceptors (Lipinski definition) is 3. The normalized spacial score (nSPS) is 20.5. The molecule has 1 aromatic rings. The minimum Gasteiger partial charge on any atom is -0.313 e. The molecule has 1 aliphatic heterocycles. The molecule has 1 aromatic carbocycles. The Labute approximate surface area is 152 Å². The van der Waals surface area contributed by atoms with Crippen LogP contribution in [0.15, 0.2) is 61.2 Å². The van der Waals surface area contributed by atoms with E-state index in [0.29, 0.717) is 5.56 Å². The quantitative estimate of drug-likeness (QED) is 0.429. The fourth-order valence-corrected chi connectivity index (χ4v) is 2.90. The van der Waals surface area contributed by atoms with Crippen molar-refractivity contribution in [1.82, 2.24) is 9.80 Å². The SMILES string of the molecule is C=C/C=C(\C=C)C(=O)CN1C(=O)N(C)C(C)(Cc2ccccc2F)C1=O. The van der Waals surface area contributed by atoms with Crippen molar-refractivity contribution < 1.29 is 18.8 Å². The van der Waals surface area contributed by atoms with Gasteiger partial charge in [0.15, 0.2) is 5.78 Å².